The van der Waals surface area contributed by atoms with E-state index in [4.69, 9.17) is 14.2 Å². The number of aliphatic hydroxyl groups excluding tert-OH is 1. The summed E-state index contributed by atoms with van der Waals surface area (Å²) in [4.78, 5) is 0. The van der Waals surface area contributed by atoms with E-state index in [1.165, 1.54) is 0 Å². The van der Waals surface area contributed by atoms with Crippen molar-refractivity contribution in [2.45, 2.75) is 19.4 Å². The van der Waals surface area contributed by atoms with Crippen molar-refractivity contribution >= 4 is 0 Å². The van der Waals surface area contributed by atoms with E-state index in [2.05, 4.69) is 5.32 Å². The Morgan fingerprint density at radius 3 is 2.62 bits per heavy atom. The SMILES string of the molecule is CCOCCOCC(O)CNCCCOC. The Labute approximate surface area is 98.1 Å². The van der Waals surface area contributed by atoms with E-state index >= 15 is 0 Å². The van der Waals surface area contributed by atoms with E-state index in [0.717, 1.165) is 19.6 Å². The standard InChI is InChI=1S/C11H25NO4/c1-3-15-7-8-16-10-11(13)9-12-5-4-6-14-2/h11-13H,3-10H2,1-2H3. The van der Waals surface area contributed by atoms with Crippen LogP contribution in [0.2, 0.25) is 0 Å². The lowest BCUT2D eigenvalue weighted by molar-refractivity contribution is 0.00645. The lowest BCUT2D eigenvalue weighted by Crippen LogP contribution is -2.31. The summed E-state index contributed by atoms with van der Waals surface area (Å²) < 4.78 is 15.3. The number of ether oxygens (including phenoxy) is 3. The highest BCUT2D eigenvalue weighted by Gasteiger charge is 2.02. The minimum atomic E-state index is -0.454. The van der Waals surface area contributed by atoms with Gasteiger partial charge >= 0.3 is 0 Å². The van der Waals surface area contributed by atoms with Crippen LogP contribution in [-0.4, -0.2) is 64.4 Å². The molecule has 0 aliphatic heterocycles. The minimum Gasteiger partial charge on any atom is -0.389 e. The van der Waals surface area contributed by atoms with Crippen LogP contribution in [-0.2, 0) is 14.2 Å². The normalized spacial score (nSPS) is 12.9. The first-order valence-corrected chi connectivity index (χ1v) is 5.84. The van der Waals surface area contributed by atoms with Gasteiger partial charge in [0.25, 0.3) is 0 Å². The van der Waals surface area contributed by atoms with Crippen LogP contribution in [0.5, 0.6) is 0 Å². The maximum absolute atomic E-state index is 9.50. The molecule has 0 saturated heterocycles. The van der Waals surface area contributed by atoms with Gasteiger partial charge in [-0.2, -0.15) is 0 Å². The maximum Gasteiger partial charge on any atom is 0.0897 e. The van der Waals surface area contributed by atoms with Gasteiger partial charge < -0.3 is 24.6 Å². The zero-order valence-corrected chi connectivity index (χ0v) is 10.4. The molecule has 0 aliphatic rings. The molecule has 0 amide bonds. The molecule has 98 valence electrons. The Bertz CT molecular complexity index is 121. The van der Waals surface area contributed by atoms with Gasteiger partial charge in [0.1, 0.15) is 0 Å². The third kappa shape index (κ3) is 11.9. The fraction of sp³-hybridized carbons (Fsp3) is 1.00. The van der Waals surface area contributed by atoms with Crippen LogP contribution < -0.4 is 5.32 Å². The topological polar surface area (TPSA) is 60.0 Å². The Morgan fingerprint density at radius 2 is 1.94 bits per heavy atom. The van der Waals surface area contributed by atoms with E-state index in [-0.39, 0.29) is 0 Å². The van der Waals surface area contributed by atoms with Gasteiger partial charge in [0, 0.05) is 26.9 Å². The molecule has 0 rings (SSSR count). The third-order valence-corrected chi connectivity index (χ3v) is 1.97. The molecule has 0 aromatic heterocycles. The molecule has 0 spiro atoms. The van der Waals surface area contributed by atoms with Crippen molar-refractivity contribution < 1.29 is 19.3 Å². The van der Waals surface area contributed by atoms with Crippen LogP contribution in [0.4, 0.5) is 0 Å². The summed E-state index contributed by atoms with van der Waals surface area (Å²) in [7, 11) is 1.68. The van der Waals surface area contributed by atoms with E-state index in [1.807, 2.05) is 6.92 Å². The Kier molecular flexibility index (Phi) is 12.7. The molecule has 0 radical (unpaired) electrons. The van der Waals surface area contributed by atoms with Crippen molar-refractivity contribution in [2.24, 2.45) is 0 Å². The van der Waals surface area contributed by atoms with E-state index in [1.54, 1.807) is 7.11 Å². The zero-order valence-electron chi connectivity index (χ0n) is 10.4. The molecule has 0 bridgehead atoms. The Hall–Kier alpha value is -0.200. The first-order chi connectivity index (χ1) is 7.81. The van der Waals surface area contributed by atoms with Gasteiger partial charge in [0.2, 0.25) is 0 Å². The summed E-state index contributed by atoms with van der Waals surface area (Å²) in [5.74, 6) is 0. The van der Waals surface area contributed by atoms with Crippen molar-refractivity contribution in [3.63, 3.8) is 0 Å². The maximum atomic E-state index is 9.50. The summed E-state index contributed by atoms with van der Waals surface area (Å²) in [5, 5.41) is 12.6. The summed E-state index contributed by atoms with van der Waals surface area (Å²) in [5.41, 5.74) is 0. The van der Waals surface area contributed by atoms with Crippen molar-refractivity contribution in [3.8, 4) is 0 Å². The van der Waals surface area contributed by atoms with Crippen LogP contribution in [0.15, 0.2) is 0 Å². The minimum absolute atomic E-state index is 0.352. The van der Waals surface area contributed by atoms with Crippen molar-refractivity contribution in [3.05, 3.63) is 0 Å². The zero-order chi connectivity index (χ0) is 12.1. The molecule has 5 heteroatoms. The molecule has 5 nitrogen and oxygen atoms in total. The van der Waals surface area contributed by atoms with Crippen LogP contribution in [0.1, 0.15) is 13.3 Å². The molecule has 2 N–H and O–H groups in total. The molecule has 0 aromatic rings. The highest BCUT2D eigenvalue weighted by molar-refractivity contribution is 4.58. The van der Waals surface area contributed by atoms with Crippen molar-refractivity contribution in [2.75, 3.05) is 53.2 Å². The van der Waals surface area contributed by atoms with Crippen LogP contribution in [0.25, 0.3) is 0 Å². The number of methoxy groups -OCH3 is 1. The monoisotopic (exact) mass is 235 g/mol. The lowest BCUT2D eigenvalue weighted by atomic mass is 10.3. The molecular formula is C11H25NO4. The predicted molar refractivity (Wildman–Crippen MR) is 62.7 cm³/mol. The van der Waals surface area contributed by atoms with Gasteiger partial charge in [-0.3, -0.25) is 0 Å². The predicted octanol–water partition coefficient (Wildman–Crippen LogP) is 0.0265. The molecule has 0 heterocycles. The molecule has 1 unspecified atom stereocenters. The summed E-state index contributed by atoms with van der Waals surface area (Å²) in [6, 6.07) is 0. The molecular weight excluding hydrogens is 210 g/mol. The number of rotatable bonds is 12. The number of hydrogen-bond donors (Lipinski definition) is 2. The summed E-state index contributed by atoms with van der Waals surface area (Å²) >= 11 is 0. The Balaban J connectivity index is 3.09. The van der Waals surface area contributed by atoms with E-state index in [0.29, 0.717) is 33.0 Å². The largest absolute Gasteiger partial charge is 0.389 e. The van der Waals surface area contributed by atoms with E-state index < -0.39 is 6.10 Å². The lowest BCUT2D eigenvalue weighted by Gasteiger charge is -2.12. The average molecular weight is 235 g/mol. The van der Waals surface area contributed by atoms with Crippen molar-refractivity contribution in [1.82, 2.24) is 5.32 Å². The first-order valence-electron chi connectivity index (χ1n) is 5.84. The highest BCUT2D eigenvalue weighted by Crippen LogP contribution is 1.86. The number of nitrogens with one attached hydrogen (secondary N) is 1. The van der Waals surface area contributed by atoms with Gasteiger partial charge in [0.15, 0.2) is 0 Å². The van der Waals surface area contributed by atoms with Gasteiger partial charge in [-0.05, 0) is 19.9 Å². The van der Waals surface area contributed by atoms with Crippen LogP contribution >= 0.6 is 0 Å². The van der Waals surface area contributed by atoms with Crippen molar-refractivity contribution in [1.29, 1.82) is 0 Å². The Morgan fingerprint density at radius 1 is 1.19 bits per heavy atom. The summed E-state index contributed by atoms with van der Waals surface area (Å²) in [6.07, 6.45) is 0.498. The molecule has 0 aromatic carbocycles. The van der Waals surface area contributed by atoms with Crippen LogP contribution in [0.3, 0.4) is 0 Å². The third-order valence-electron chi connectivity index (χ3n) is 1.97. The highest BCUT2D eigenvalue weighted by atomic mass is 16.5. The second kappa shape index (κ2) is 12.9. The second-order valence-electron chi connectivity index (χ2n) is 3.48. The van der Waals surface area contributed by atoms with E-state index in [9.17, 15) is 5.11 Å². The number of hydrogen-bond acceptors (Lipinski definition) is 5. The second-order valence-corrected chi connectivity index (χ2v) is 3.48. The van der Waals surface area contributed by atoms with Gasteiger partial charge in [-0.25, -0.2) is 0 Å². The molecule has 0 fully saturated rings. The molecule has 0 aliphatic carbocycles. The quantitative estimate of drug-likeness (QED) is 0.467. The fourth-order valence-corrected chi connectivity index (χ4v) is 1.15. The van der Waals surface area contributed by atoms with Gasteiger partial charge in [-0.1, -0.05) is 0 Å². The molecule has 1 atom stereocenters. The number of aliphatic hydroxyl groups is 1. The molecule has 16 heavy (non-hydrogen) atoms. The van der Waals surface area contributed by atoms with Crippen LogP contribution in [0, 0.1) is 0 Å². The first kappa shape index (κ1) is 15.8. The fourth-order valence-electron chi connectivity index (χ4n) is 1.15. The van der Waals surface area contributed by atoms with Gasteiger partial charge in [-0.15, -0.1) is 0 Å². The average Bonchev–Trinajstić information content (AvgIpc) is 2.28. The smallest absolute Gasteiger partial charge is 0.0897 e. The van der Waals surface area contributed by atoms with Gasteiger partial charge in [0.05, 0.1) is 25.9 Å². The molecule has 0 saturated carbocycles. The summed E-state index contributed by atoms with van der Waals surface area (Å²) in [6.45, 7) is 6.27.